The van der Waals surface area contributed by atoms with E-state index < -0.39 is 0 Å². The van der Waals surface area contributed by atoms with Crippen molar-refractivity contribution in [3.8, 4) is 5.75 Å². The number of nitrogens with one attached hydrogen (secondary N) is 1. The monoisotopic (exact) mass is 333 g/mol. The van der Waals surface area contributed by atoms with E-state index in [2.05, 4.69) is 20.7 Å². The normalized spacial score (nSPS) is 10.4. The van der Waals surface area contributed by atoms with Crippen molar-refractivity contribution < 1.29 is 14.3 Å². The third-order valence-corrected chi connectivity index (χ3v) is 3.58. The number of hydrogen-bond acceptors (Lipinski definition) is 6. The van der Waals surface area contributed by atoms with Gasteiger partial charge in [0.2, 0.25) is 11.0 Å². The van der Waals surface area contributed by atoms with Crippen LogP contribution in [0.15, 0.2) is 18.2 Å². The highest BCUT2D eigenvalue weighted by molar-refractivity contribution is 7.09. The summed E-state index contributed by atoms with van der Waals surface area (Å²) in [6.07, 6.45) is 0.400. The van der Waals surface area contributed by atoms with Crippen molar-refractivity contribution in [1.29, 1.82) is 0 Å². The Hall–Kier alpha value is -2.28. The predicted molar refractivity (Wildman–Crippen MR) is 89.0 cm³/mol. The second-order valence-corrected chi connectivity index (χ2v) is 6.12. The molecule has 2 rings (SSSR count). The smallest absolute Gasteiger partial charge is 0.229 e. The molecule has 7 heteroatoms. The lowest BCUT2D eigenvalue weighted by atomic mass is 10.1. The highest BCUT2D eigenvalue weighted by Crippen LogP contribution is 2.16. The summed E-state index contributed by atoms with van der Waals surface area (Å²) in [4.78, 5) is 26.9. The Morgan fingerprint density at radius 3 is 2.57 bits per heavy atom. The zero-order valence-corrected chi connectivity index (χ0v) is 14.2. The van der Waals surface area contributed by atoms with Crippen LogP contribution in [0.4, 0.5) is 5.13 Å². The summed E-state index contributed by atoms with van der Waals surface area (Å²) in [6, 6.07) is 5.93. The second kappa shape index (κ2) is 7.82. The van der Waals surface area contributed by atoms with Gasteiger partial charge in [0.05, 0.1) is 19.4 Å². The number of carbonyl (C=O) groups is 2. The number of amides is 1. The Balaban J connectivity index is 1.78. The van der Waals surface area contributed by atoms with Crippen LogP contribution in [0.1, 0.15) is 30.3 Å². The van der Waals surface area contributed by atoms with Gasteiger partial charge in [-0.3, -0.25) is 9.59 Å². The lowest BCUT2D eigenvalue weighted by Crippen LogP contribution is -2.15. The van der Waals surface area contributed by atoms with Crippen LogP contribution in [0.5, 0.6) is 5.75 Å². The molecule has 122 valence electrons. The molecular weight excluding hydrogens is 314 g/mol. The van der Waals surface area contributed by atoms with Crippen LogP contribution in [0.25, 0.3) is 0 Å². The van der Waals surface area contributed by atoms with E-state index in [0.717, 1.165) is 28.4 Å². The van der Waals surface area contributed by atoms with E-state index in [1.807, 2.05) is 26.0 Å². The van der Waals surface area contributed by atoms with Crippen molar-refractivity contribution in [2.75, 3.05) is 11.9 Å². The number of benzene rings is 1. The molecule has 0 radical (unpaired) electrons. The molecule has 0 saturated heterocycles. The van der Waals surface area contributed by atoms with Gasteiger partial charge in [0.15, 0.2) is 5.82 Å². The lowest BCUT2D eigenvalue weighted by molar-refractivity contribution is -0.117. The van der Waals surface area contributed by atoms with Crippen molar-refractivity contribution in [2.45, 2.75) is 33.6 Å². The minimum atomic E-state index is -0.195. The Kier molecular flexibility index (Phi) is 5.81. The summed E-state index contributed by atoms with van der Waals surface area (Å²) < 4.78 is 9.62. The molecule has 1 heterocycles. The zero-order valence-electron chi connectivity index (χ0n) is 13.4. The van der Waals surface area contributed by atoms with E-state index in [9.17, 15) is 9.59 Å². The first-order valence-electron chi connectivity index (χ1n) is 7.25. The predicted octanol–water partition coefficient (Wildman–Crippen LogP) is 2.69. The number of rotatable bonds is 7. The van der Waals surface area contributed by atoms with E-state index in [1.165, 1.54) is 6.92 Å². The van der Waals surface area contributed by atoms with Crippen molar-refractivity contribution in [3.05, 3.63) is 35.2 Å². The molecular formula is C16H19N3O3S. The molecule has 1 amide bonds. The maximum absolute atomic E-state index is 11.8. The largest absolute Gasteiger partial charge is 0.493 e. The van der Waals surface area contributed by atoms with E-state index in [0.29, 0.717) is 11.0 Å². The van der Waals surface area contributed by atoms with E-state index in [-0.39, 0.29) is 31.1 Å². The fourth-order valence-electron chi connectivity index (χ4n) is 2.06. The number of ether oxygens (including phenoxy) is 1. The van der Waals surface area contributed by atoms with Crippen LogP contribution in [-0.2, 0) is 16.0 Å². The summed E-state index contributed by atoms with van der Waals surface area (Å²) in [5.74, 6) is 0.988. The maximum Gasteiger partial charge on any atom is 0.229 e. The van der Waals surface area contributed by atoms with Gasteiger partial charge in [-0.2, -0.15) is 4.37 Å². The third kappa shape index (κ3) is 5.78. The molecule has 0 bridgehead atoms. The van der Waals surface area contributed by atoms with Gasteiger partial charge in [-0.1, -0.05) is 6.07 Å². The molecule has 23 heavy (non-hydrogen) atoms. The third-order valence-electron chi connectivity index (χ3n) is 2.91. The average Bonchev–Trinajstić information content (AvgIpc) is 2.83. The fraction of sp³-hybridized carbons (Fsp3) is 0.375. The molecule has 1 aromatic heterocycles. The highest BCUT2D eigenvalue weighted by atomic mass is 32.1. The highest BCUT2D eigenvalue weighted by Gasteiger charge is 2.09. The molecule has 0 aliphatic carbocycles. The van der Waals surface area contributed by atoms with Gasteiger partial charge >= 0.3 is 0 Å². The van der Waals surface area contributed by atoms with Crippen LogP contribution in [0.3, 0.4) is 0 Å². The lowest BCUT2D eigenvalue weighted by Gasteiger charge is -2.07. The molecule has 0 aliphatic rings. The summed E-state index contributed by atoms with van der Waals surface area (Å²) in [7, 11) is 0. The van der Waals surface area contributed by atoms with Crippen LogP contribution in [0.2, 0.25) is 0 Å². The van der Waals surface area contributed by atoms with Crippen molar-refractivity contribution in [1.82, 2.24) is 9.36 Å². The van der Waals surface area contributed by atoms with E-state index in [4.69, 9.17) is 4.74 Å². The summed E-state index contributed by atoms with van der Waals surface area (Å²) in [6.45, 7) is 5.76. The van der Waals surface area contributed by atoms with Gasteiger partial charge in [-0.25, -0.2) is 4.98 Å². The number of carbonyl (C=O) groups excluding carboxylic acids is 2. The Morgan fingerprint density at radius 1 is 1.22 bits per heavy atom. The summed E-state index contributed by atoms with van der Waals surface area (Å²) in [5, 5.41) is 3.06. The molecule has 1 aromatic carbocycles. The SMILES string of the molecule is CC(=O)Cc1nsc(NC(=O)CCOc2cc(C)cc(C)c2)n1. The zero-order chi connectivity index (χ0) is 16.8. The summed E-state index contributed by atoms with van der Waals surface area (Å²) in [5.41, 5.74) is 2.24. The second-order valence-electron chi connectivity index (χ2n) is 5.36. The molecule has 2 aromatic rings. The standard InChI is InChI=1S/C16H19N3O3S/c1-10-6-11(2)8-13(7-10)22-5-4-15(21)18-16-17-14(19-23-16)9-12(3)20/h6-8H,4-5,9H2,1-3H3,(H,17,18,19,21). The van der Waals surface area contributed by atoms with Gasteiger partial charge in [-0.05, 0) is 44.0 Å². The topological polar surface area (TPSA) is 81.2 Å². The minimum Gasteiger partial charge on any atom is -0.493 e. The molecule has 0 fully saturated rings. The Bertz CT molecular complexity index is 692. The van der Waals surface area contributed by atoms with Crippen LogP contribution in [-0.4, -0.2) is 27.7 Å². The van der Waals surface area contributed by atoms with Gasteiger partial charge in [0.1, 0.15) is 11.5 Å². The quantitative estimate of drug-likeness (QED) is 0.842. The van der Waals surface area contributed by atoms with Crippen molar-refractivity contribution in [3.63, 3.8) is 0 Å². The van der Waals surface area contributed by atoms with Gasteiger partial charge in [0, 0.05) is 11.5 Å². The number of nitrogens with zero attached hydrogens (tertiary/aromatic N) is 2. The number of hydrogen-bond donors (Lipinski definition) is 1. The van der Waals surface area contributed by atoms with Gasteiger partial charge in [0.25, 0.3) is 0 Å². The molecule has 6 nitrogen and oxygen atoms in total. The summed E-state index contributed by atoms with van der Waals surface area (Å²) >= 11 is 1.07. The Morgan fingerprint density at radius 2 is 1.91 bits per heavy atom. The van der Waals surface area contributed by atoms with Gasteiger partial charge < -0.3 is 10.1 Å². The average molecular weight is 333 g/mol. The first kappa shape index (κ1) is 17.1. The van der Waals surface area contributed by atoms with Crippen LogP contribution < -0.4 is 10.1 Å². The van der Waals surface area contributed by atoms with Gasteiger partial charge in [-0.15, -0.1) is 0 Å². The molecule has 0 spiro atoms. The molecule has 0 unspecified atom stereocenters. The fourth-order valence-corrected chi connectivity index (χ4v) is 2.66. The first-order chi connectivity index (χ1) is 10.9. The van der Waals surface area contributed by atoms with Crippen LogP contribution in [0, 0.1) is 13.8 Å². The van der Waals surface area contributed by atoms with Crippen molar-refractivity contribution in [2.24, 2.45) is 0 Å². The number of anilines is 1. The van der Waals surface area contributed by atoms with E-state index in [1.54, 1.807) is 0 Å². The molecule has 0 atom stereocenters. The molecule has 0 saturated carbocycles. The number of aryl methyl sites for hydroxylation is 2. The van der Waals surface area contributed by atoms with E-state index >= 15 is 0 Å². The molecule has 1 N–H and O–H groups in total. The number of Topliss-reactive ketones (excluding diaryl/α,β-unsaturated/α-hetero) is 1. The number of aromatic nitrogens is 2. The maximum atomic E-state index is 11.8. The van der Waals surface area contributed by atoms with Crippen molar-refractivity contribution >= 4 is 28.4 Å². The minimum absolute atomic E-state index is 0.0116. The first-order valence-corrected chi connectivity index (χ1v) is 8.02. The Labute approximate surface area is 139 Å². The van der Waals surface area contributed by atoms with Crippen LogP contribution >= 0.6 is 11.5 Å². The molecule has 0 aliphatic heterocycles. The number of ketones is 1.